The van der Waals surface area contributed by atoms with Crippen LogP contribution in [0.4, 0.5) is 0 Å². The molecule has 0 saturated heterocycles. The molecule has 0 unspecified atom stereocenters. The maximum Gasteiger partial charge on any atom is 0.307 e. The highest BCUT2D eigenvalue weighted by molar-refractivity contribution is 8.00. The Bertz CT molecular complexity index is 807. The minimum absolute atomic E-state index is 0.0481. The zero-order chi connectivity index (χ0) is 20.4. The number of hydrogen-bond donors (Lipinski definition) is 0. The van der Waals surface area contributed by atoms with E-state index in [2.05, 4.69) is 0 Å². The zero-order valence-electron chi connectivity index (χ0n) is 16.2. The third-order valence-electron chi connectivity index (χ3n) is 4.11. The predicted molar refractivity (Wildman–Crippen MR) is 111 cm³/mol. The molecule has 2 aromatic carbocycles. The highest BCUT2D eigenvalue weighted by Crippen LogP contribution is 2.21. The smallest absolute Gasteiger partial charge is 0.307 e. The molecule has 0 fully saturated rings. The van der Waals surface area contributed by atoms with Gasteiger partial charge in [0.05, 0.1) is 18.8 Å². The number of benzene rings is 2. The van der Waals surface area contributed by atoms with Crippen molar-refractivity contribution in [3.8, 4) is 0 Å². The van der Waals surface area contributed by atoms with Crippen molar-refractivity contribution in [2.24, 2.45) is 0 Å². The molecule has 5 nitrogen and oxygen atoms in total. The lowest BCUT2D eigenvalue weighted by molar-refractivity contribution is -0.143. The summed E-state index contributed by atoms with van der Waals surface area (Å²) in [5.41, 5.74) is 1.22. The molecule has 2 aromatic rings. The molecule has 0 aliphatic carbocycles. The highest BCUT2D eigenvalue weighted by Gasteiger charge is 2.16. The van der Waals surface area contributed by atoms with Crippen molar-refractivity contribution in [1.82, 2.24) is 4.90 Å². The van der Waals surface area contributed by atoms with Crippen molar-refractivity contribution in [1.29, 1.82) is 0 Å². The van der Waals surface area contributed by atoms with Crippen molar-refractivity contribution in [2.75, 3.05) is 25.4 Å². The van der Waals surface area contributed by atoms with E-state index in [-0.39, 0.29) is 24.1 Å². The van der Waals surface area contributed by atoms with Gasteiger partial charge in [0.1, 0.15) is 0 Å². The molecule has 0 heterocycles. The van der Waals surface area contributed by atoms with Crippen LogP contribution < -0.4 is 0 Å². The number of thioether (sulfide) groups is 1. The molecule has 0 atom stereocenters. The van der Waals surface area contributed by atoms with Crippen molar-refractivity contribution in [3.05, 3.63) is 65.7 Å². The third kappa shape index (κ3) is 6.53. The summed E-state index contributed by atoms with van der Waals surface area (Å²) in [5, 5.41) is 0. The molecule has 148 valence electrons. The summed E-state index contributed by atoms with van der Waals surface area (Å²) >= 11 is 1.40. The van der Waals surface area contributed by atoms with Gasteiger partial charge in [0, 0.05) is 29.1 Å². The van der Waals surface area contributed by atoms with E-state index in [1.54, 1.807) is 36.1 Å². The van der Waals surface area contributed by atoms with Crippen LogP contribution in [0.15, 0.2) is 59.5 Å². The Hall–Kier alpha value is -2.60. The van der Waals surface area contributed by atoms with Crippen molar-refractivity contribution in [2.45, 2.75) is 25.2 Å². The van der Waals surface area contributed by atoms with Crippen molar-refractivity contribution in [3.63, 3.8) is 0 Å². The van der Waals surface area contributed by atoms with Gasteiger partial charge in [-0.3, -0.25) is 14.4 Å². The Kier molecular flexibility index (Phi) is 8.75. The van der Waals surface area contributed by atoms with Gasteiger partial charge >= 0.3 is 5.97 Å². The van der Waals surface area contributed by atoms with E-state index in [9.17, 15) is 14.4 Å². The lowest BCUT2D eigenvalue weighted by atomic mass is 10.2. The second-order valence-electron chi connectivity index (χ2n) is 6.05. The molecule has 0 aliphatic heterocycles. The molecule has 28 heavy (non-hydrogen) atoms. The normalized spacial score (nSPS) is 10.4. The van der Waals surface area contributed by atoms with Gasteiger partial charge in [-0.05, 0) is 32.0 Å². The number of carbonyl (C=O) groups is 3. The Balaban J connectivity index is 1.97. The van der Waals surface area contributed by atoms with Gasteiger partial charge in [0.15, 0.2) is 5.78 Å². The fourth-order valence-electron chi connectivity index (χ4n) is 2.62. The Morgan fingerprint density at radius 2 is 1.68 bits per heavy atom. The molecule has 0 N–H and O–H groups in total. The number of hydrogen-bond acceptors (Lipinski definition) is 5. The van der Waals surface area contributed by atoms with Gasteiger partial charge in [0.25, 0.3) is 5.91 Å². The molecule has 2 rings (SSSR count). The quantitative estimate of drug-likeness (QED) is 0.342. The molecule has 0 aliphatic rings. The fourth-order valence-corrected chi connectivity index (χ4v) is 3.47. The SMILES string of the molecule is CCOC(=O)CCN(CC)C(=O)c1cccc(SCC(=O)c2ccccc2)c1. The van der Waals surface area contributed by atoms with Crippen LogP contribution >= 0.6 is 11.8 Å². The summed E-state index contributed by atoms with van der Waals surface area (Å²) < 4.78 is 4.92. The maximum atomic E-state index is 12.8. The first kappa shape index (κ1) is 21.7. The number of carbonyl (C=O) groups excluding carboxylic acids is 3. The largest absolute Gasteiger partial charge is 0.466 e. The minimum atomic E-state index is -0.308. The zero-order valence-corrected chi connectivity index (χ0v) is 17.0. The van der Waals surface area contributed by atoms with Gasteiger partial charge in [-0.15, -0.1) is 11.8 Å². The van der Waals surface area contributed by atoms with Gasteiger partial charge in [0.2, 0.25) is 0 Å². The summed E-state index contributed by atoms with van der Waals surface area (Å²) in [6.45, 7) is 4.78. The molecule has 0 spiro atoms. The standard InChI is InChI=1S/C22H25NO4S/c1-3-23(14-13-21(25)27-4-2)22(26)18-11-8-12-19(15-18)28-16-20(24)17-9-6-5-7-10-17/h5-12,15H,3-4,13-14,16H2,1-2H3. The van der Waals surface area contributed by atoms with Gasteiger partial charge in [-0.1, -0.05) is 36.4 Å². The lowest BCUT2D eigenvalue weighted by Gasteiger charge is -2.20. The van der Waals surface area contributed by atoms with Crippen LogP contribution in [0.1, 0.15) is 41.0 Å². The first-order chi connectivity index (χ1) is 13.5. The van der Waals surface area contributed by atoms with Crippen molar-refractivity contribution >= 4 is 29.4 Å². The summed E-state index contributed by atoms with van der Waals surface area (Å²) in [6.07, 6.45) is 0.174. The molecular formula is C22H25NO4S. The first-order valence-electron chi connectivity index (χ1n) is 9.31. The maximum absolute atomic E-state index is 12.8. The van der Waals surface area contributed by atoms with Gasteiger partial charge in [-0.2, -0.15) is 0 Å². The number of ketones is 1. The number of esters is 1. The number of amides is 1. The van der Waals surface area contributed by atoms with E-state index in [0.29, 0.717) is 36.6 Å². The summed E-state index contributed by atoms with van der Waals surface area (Å²) in [7, 11) is 0. The van der Waals surface area contributed by atoms with Crippen LogP contribution in [0.5, 0.6) is 0 Å². The third-order valence-corrected chi connectivity index (χ3v) is 5.10. The molecular weight excluding hydrogens is 374 g/mol. The monoisotopic (exact) mass is 399 g/mol. The molecule has 0 aromatic heterocycles. The van der Waals surface area contributed by atoms with E-state index in [1.165, 1.54) is 11.8 Å². The van der Waals surface area contributed by atoms with E-state index in [4.69, 9.17) is 4.74 Å². The van der Waals surface area contributed by atoms with Crippen LogP contribution in [-0.4, -0.2) is 48.0 Å². The average molecular weight is 400 g/mol. The van der Waals surface area contributed by atoms with E-state index in [1.807, 2.05) is 37.3 Å². The molecule has 0 bridgehead atoms. The van der Waals surface area contributed by atoms with Crippen LogP contribution in [0, 0.1) is 0 Å². The molecule has 0 radical (unpaired) electrons. The Morgan fingerprint density at radius 1 is 0.964 bits per heavy atom. The van der Waals surface area contributed by atoms with Crippen LogP contribution in [0.3, 0.4) is 0 Å². The second kappa shape index (κ2) is 11.3. The predicted octanol–water partition coefficient (Wildman–Crippen LogP) is 4.08. The summed E-state index contributed by atoms with van der Waals surface area (Å²) in [6, 6.07) is 16.4. The number of Topliss-reactive ketones (excluding diaryl/α,β-unsaturated/α-hetero) is 1. The fraction of sp³-hybridized carbons (Fsp3) is 0.318. The second-order valence-corrected chi connectivity index (χ2v) is 7.09. The average Bonchev–Trinajstić information content (AvgIpc) is 2.73. The van der Waals surface area contributed by atoms with Crippen LogP contribution in [0.2, 0.25) is 0 Å². The topological polar surface area (TPSA) is 63.7 Å². The number of rotatable bonds is 10. The molecule has 6 heteroatoms. The number of ether oxygens (including phenoxy) is 1. The Labute approximate surface area is 170 Å². The van der Waals surface area contributed by atoms with Crippen molar-refractivity contribution < 1.29 is 19.1 Å². The lowest BCUT2D eigenvalue weighted by Crippen LogP contribution is -2.33. The minimum Gasteiger partial charge on any atom is -0.466 e. The van der Waals surface area contributed by atoms with Crippen LogP contribution in [-0.2, 0) is 9.53 Å². The van der Waals surface area contributed by atoms with E-state index < -0.39 is 0 Å². The van der Waals surface area contributed by atoms with E-state index >= 15 is 0 Å². The Morgan fingerprint density at radius 3 is 2.36 bits per heavy atom. The first-order valence-corrected chi connectivity index (χ1v) is 10.3. The molecule has 0 saturated carbocycles. The highest BCUT2D eigenvalue weighted by atomic mass is 32.2. The summed E-state index contributed by atoms with van der Waals surface area (Å²) in [4.78, 5) is 39.0. The van der Waals surface area contributed by atoms with Crippen LogP contribution in [0.25, 0.3) is 0 Å². The molecule has 1 amide bonds. The van der Waals surface area contributed by atoms with Gasteiger partial charge in [-0.25, -0.2) is 0 Å². The van der Waals surface area contributed by atoms with E-state index in [0.717, 1.165) is 4.90 Å². The summed E-state index contributed by atoms with van der Waals surface area (Å²) in [5.74, 6) is -0.0878. The van der Waals surface area contributed by atoms with Gasteiger partial charge < -0.3 is 9.64 Å². The number of nitrogens with zero attached hydrogens (tertiary/aromatic N) is 1.